The highest BCUT2D eigenvalue weighted by atomic mass is 32.2. The van der Waals surface area contributed by atoms with Crippen molar-refractivity contribution in [3.05, 3.63) is 72.3 Å². The second-order valence-electron chi connectivity index (χ2n) is 6.19. The van der Waals surface area contributed by atoms with E-state index in [1.807, 2.05) is 42.5 Å². The van der Waals surface area contributed by atoms with Crippen LogP contribution in [0.15, 0.2) is 71.7 Å². The first kappa shape index (κ1) is 17.3. The smallest absolute Gasteiger partial charge is 0.260 e. The van der Waals surface area contributed by atoms with Crippen LogP contribution in [0.3, 0.4) is 0 Å². The number of amides is 2. The lowest BCUT2D eigenvalue weighted by Gasteiger charge is -2.10. The number of aliphatic imine (C=N–C) groups is 1. The first-order valence-electron chi connectivity index (χ1n) is 8.46. The first-order chi connectivity index (χ1) is 13.1. The van der Waals surface area contributed by atoms with Crippen LogP contribution in [0, 0.1) is 0 Å². The van der Waals surface area contributed by atoms with Gasteiger partial charge < -0.3 is 10.4 Å². The Balaban J connectivity index is 1.44. The van der Waals surface area contributed by atoms with E-state index in [0.29, 0.717) is 5.04 Å². The molecule has 0 aliphatic carbocycles. The molecule has 5 nitrogen and oxygen atoms in total. The average Bonchev–Trinajstić information content (AvgIpc) is 3.03. The fourth-order valence-electron chi connectivity index (χ4n) is 2.95. The number of nitrogens with zero attached hydrogens (tertiary/aromatic N) is 1. The van der Waals surface area contributed by atoms with Gasteiger partial charge in [-0.25, -0.2) is 4.99 Å². The molecule has 0 spiro atoms. The zero-order valence-electron chi connectivity index (χ0n) is 14.3. The Morgan fingerprint density at radius 1 is 1.04 bits per heavy atom. The Bertz CT molecular complexity index is 1060. The fraction of sp³-hybridized carbons (Fsp3) is 0.0952. The van der Waals surface area contributed by atoms with Gasteiger partial charge in [-0.2, -0.15) is 0 Å². The van der Waals surface area contributed by atoms with Crippen LogP contribution < -0.4 is 5.32 Å². The average molecular weight is 376 g/mol. The van der Waals surface area contributed by atoms with Gasteiger partial charge in [-0.05, 0) is 35.7 Å². The van der Waals surface area contributed by atoms with Crippen molar-refractivity contribution in [2.75, 3.05) is 5.32 Å². The number of thioether (sulfide) groups is 1. The Morgan fingerprint density at radius 2 is 1.78 bits per heavy atom. The predicted octanol–water partition coefficient (Wildman–Crippen LogP) is 3.96. The summed E-state index contributed by atoms with van der Waals surface area (Å²) in [7, 11) is 0. The van der Waals surface area contributed by atoms with E-state index < -0.39 is 5.25 Å². The standard InChI is InChI=1S/C21H16N2O3S/c24-15-10-8-14(9-11-15)21-23-20(26)18(27-21)12-19(25)22-17-7-3-5-13-4-1-2-6-16(13)17/h1-11,18,24H,12H2,(H,22,25)/t18-/m0/s1. The second kappa shape index (κ2) is 7.25. The van der Waals surface area contributed by atoms with Crippen molar-refractivity contribution in [3.63, 3.8) is 0 Å². The van der Waals surface area contributed by atoms with Gasteiger partial charge in [-0.1, -0.05) is 48.2 Å². The number of phenols is 1. The van der Waals surface area contributed by atoms with Crippen molar-refractivity contribution in [2.45, 2.75) is 11.7 Å². The summed E-state index contributed by atoms with van der Waals surface area (Å²) in [6.45, 7) is 0. The van der Waals surface area contributed by atoms with Gasteiger partial charge >= 0.3 is 0 Å². The van der Waals surface area contributed by atoms with Crippen molar-refractivity contribution in [1.29, 1.82) is 0 Å². The molecule has 1 atom stereocenters. The summed E-state index contributed by atoms with van der Waals surface area (Å²) in [4.78, 5) is 28.7. The van der Waals surface area contributed by atoms with Crippen molar-refractivity contribution < 1.29 is 14.7 Å². The van der Waals surface area contributed by atoms with Crippen LogP contribution in [0.2, 0.25) is 0 Å². The minimum Gasteiger partial charge on any atom is -0.508 e. The fourth-order valence-corrected chi connectivity index (χ4v) is 4.03. The third-order valence-corrected chi connectivity index (χ3v) is 5.49. The number of carbonyl (C=O) groups excluding carboxylic acids is 2. The molecule has 0 radical (unpaired) electrons. The Hall–Kier alpha value is -3.12. The summed E-state index contributed by atoms with van der Waals surface area (Å²) in [5.41, 5.74) is 1.48. The van der Waals surface area contributed by atoms with Crippen LogP contribution in [0.1, 0.15) is 12.0 Å². The second-order valence-corrected chi connectivity index (χ2v) is 7.38. The van der Waals surface area contributed by atoms with Crippen molar-refractivity contribution in [3.8, 4) is 5.75 Å². The maximum atomic E-state index is 12.5. The highest BCUT2D eigenvalue weighted by Crippen LogP contribution is 2.30. The molecule has 0 unspecified atom stereocenters. The van der Waals surface area contributed by atoms with Gasteiger partial charge in [0.2, 0.25) is 5.91 Å². The minimum atomic E-state index is -0.538. The number of phenolic OH excluding ortho intramolecular Hbond substituents is 1. The van der Waals surface area contributed by atoms with Crippen molar-refractivity contribution in [2.24, 2.45) is 4.99 Å². The molecule has 2 amide bonds. The maximum Gasteiger partial charge on any atom is 0.260 e. The van der Waals surface area contributed by atoms with Gasteiger partial charge in [-0.3, -0.25) is 9.59 Å². The van der Waals surface area contributed by atoms with Crippen LogP contribution in [-0.4, -0.2) is 27.2 Å². The lowest BCUT2D eigenvalue weighted by Crippen LogP contribution is -2.21. The normalized spacial score (nSPS) is 16.4. The maximum absolute atomic E-state index is 12.5. The van der Waals surface area contributed by atoms with Crippen LogP contribution in [0.25, 0.3) is 10.8 Å². The first-order valence-corrected chi connectivity index (χ1v) is 9.34. The molecule has 0 bridgehead atoms. The minimum absolute atomic E-state index is 0.0534. The highest BCUT2D eigenvalue weighted by Gasteiger charge is 2.31. The van der Waals surface area contributed by atoms with Gasteiger partial charge in [-0.15, -0.1) is 0 Å². The van der Waals surface area contributed by atoms with Gasteiger partial charge in [0.25, 0.3) is 5.91 Å². The van der Waals surface area contributed by atoms with E-state index in [-0.39, 0.29) is 24.0 Å². The van der Waals surface area contributed by atoms with Gasteiger partial charge in [0.15, 0.2) is 0 Å². The molecule has 4 rings (SSSR count). The predicted molar refractivity (Wildman–Crippen MR) is 108 cm³/mol. The van der Waals surface area contributed by atoms with E-state index >= 15 is 0 Å². The number of anilines is 1. The largest absolute Gasteiger partial charge is 0.508 e. The van der Waals surface area contributed by atoms with Crippen LogP contribution >= 0.6 is 11.8 Å². The summed E-state index contributed by atoms with van der Waals surface area (Å²) < 4.78 is 0. The van der Waals surface area contributed by atoms with Crippen LogP contribution in [0.4, 0.5) is 5.69 Å². The summed E-state index contributed by atoms with van der Waals surface area (Å²) in [6, 6.07) is 20.0. The van der Waals surface area contributed by atoms with E-state index in [4.69, 9.17) is 0 Å². The molecular formula is C21H16N2O3S. The van der Waals surface area contributed by atoms with E-state index in [2.05, 4.69) is 10.3 Å². The lowest BCUT2D eigenvalue weighted by molar-refractivity contribution is -0.121. The molecule has 1 aliphatic heterocycles. The quantitative estimate of drug-likeness (QED) is 0.722. The molecule has 0 saturated heterocycles. The Morgan fingerprint density at radius 3 is 2.59 bits per heavy atom. The molecular weight excluding hydrogens is 360 g/mol. The Kier molecular flexibility index (Phi) is 4.64. The van der Waals surface area contributed by atoms with Gasteiger partial charge in [0.05, 0.1) is 0 Å². The molecule has 3 aromatic carbocycles. The third kappa shape index (κ3) is 3.71. The van der Waals surface area contributed by atoms with E-state index in [9.17, 15) is 14.7 Å². The molecule has 1 aliphatic rings. The van der Waals surface area contributed by atoms with Gasteiger partial charge in [0, 0.05) is 23.1 Å². The van der Waals surface area contributed by atoms with E-state index in [1.165, 1.54) is 11.8 Å². The zero-order chi connectivity index (χ0) is 18.8. The van der Waals surface area contributed by atoms with E-state index in [1.54, 1.807) is 24.3 Å². The number of hydrogen-bond acceptors (Lipinski definition) is 4. The number of aromatic hydroxyl groups is 1. The monoisotopic (exact) mass is 376 g/mol. The molecule has 0 saturated carbocycles. The third-order valence-electron chi connectivity index (χ3n) is 4.29. The molecule has 1 heterocycles. The lowest BCUT2D eigenvalue weighted by atomic mass is 10.1. The van der Waals surface area contributed by atoms with Crippen LogP contribution in [-0.2, 0) is 9.59 Å². The summed E-state index contributed by atoms with van der Waals surface area (Å²) in [6.07, 6.45) is 0.0534. The summed E-state index contributed by atoms with van der Waals surface area (Å²) in [5.74, 6) is -0.379. The van der Waals surface area contributed by atoms with Gasteiger partial charge in [0.1, 0.15) is 16.0 Å². The molecule has 2 N–H and O–H groups in total. The molecule has 6 heteroatoms. The number of carbonyl (C=O) groups is 2. The number of fused-ring (bicyclic) bond motifs is 1. The SMILES string of the molecule is O=C(C[C@@H]1SC(c2ccc(O)cc2)=NC1=O)Nc1cccc2ccccc12. The Labute approximate surface area is 160 Å². The number of benzene rings is 3. The highest BCUT2D eigenvalue weighted by molar-refractivity contribution is 8.16. The molecule has 27 heavy (non-hydrogen) atoms. The number of hydrogen-bond donors (Lipinski definition) is 2. The molecule has 0 fully saturated rings. The van der Waals surface area contributed by atoms with E-state index in [0.717, 1.165) is 22.0 Å². The number of nitrogens with one attached hydrogen (secondary N) is 1. The van der Waals surface area contributed by atoms with Crippen molar-refractivity contribution >= 4 is 45.1 Å². The van der Waals surface area contributed by atoms with Crippen molar-refractivity contribution in [1.82, 2.24) is 0 Å². The summed E-state index contributed by atoms with van der Waals surface area (Å²) in [5, 5.41) is 14.3. The molecule has 0 aromatic heterocycles. The molecule has 134 valence electrons. The summed E-state index contributed by atoms with van der Waals surface area (Å²) >= 11 is 1.28. The van der Waals surface area contributed by atoms with Crippen LogP contribution in [0.5, 0.6) is 5.75 Å². The topological polar surface area (TPSA) is 78.8 Å². The number of rotatable bonds is 4. The molecule has 3 aromatic rings. The zero-order valence-corrected chi connectivity index (χ0v) is 15.1.